The van der Waals surface area contributed by atoms with Crippen molar-refractivity contribution in [2.24, 2.45) is 0 Å². The normalized spacial score (nSPS) is 10.5. The second-order valence-corrected chi connectivity index (χ2v) is 4.75. The molecule has 0 atom stereocenters. The number of benzene rings is 1. The summed E-state index contributed by atoms with van der Waals surface area (Å²) in [6.45, 7) is 6.31. The molecule has 0 aliphatic heterocycles. The van der Waals surface area contributed by atoms with E-state index in [1.54, 1.807) is 6.20 Å². The Morgan fingerprint density at radius 3 is 2.80 bits per heavy atom. The zero-order valence-electron chi connectivity index (χ0n) is 12.1. The summed E-state index contributed by atoms with van der Waals surface area (Å²) in [5.74, 6) is 0.932. The molecule has 0 aliphatic rings. The molecule has 20 heavy (non-hydrogen) atoms. The van der Waals surface area contributed by atoms with E-state index in [9.17, 15) is 0 Å². The van der Waals surface area contributed by atoms with Gasteiger partial charge in [0.1, 0.15) is 5.75 Å². The molecule has 0 saturated heterocycles. The standard InChI is InChI=1S/C16H21N3O/c1-3-7-20-16-6-4-5-14(8-16)10-17-11-15-12-18-13(2)9-19-15/h4-6,8-9,12,17H,3,7,10-11H2,1-2H3. The number of hydrogen-bond donors (Lipinski definition) is 1. The van der Waals surface area contributed by atoms with Crippen molar-refractivity contribution in [2.45, 2.75) is 33.4 Å². The molecule has 0 aliphatic carbocycles. The number of ether oxygens (including phenoxy) is 1. The molecule has 0 unspecified atom stereocenters. The van der Waals surface area contributed by atoms with Gasteiger partial charge >= 0.3 is 0 Å². The van der Waals surface area contributed by atoms with Crippen molar-refractivity contribution in [3.05, 3.63) is 53.6 Å². The Kier molecular flexibility index (Phi) is 5.50. The summed E-state index contributed by atoms with van der Waals surface area (Å²) in [6, 6.07) is 8.18. The maximum absolute atomic E-state index is 5.62. The maximum Gasteiger partial charge on any atom is 0.119 e. The topological polar surface area (TPSA) is 47.0 Å². The Hall–Kier alpha value is -1.94. The minimum absolute atomic E-state index is 0.716. The zero-order valence-corrected chi connectivity index (χ0v) is 12.1. The number of hydrogen-bond acceptors (Lipinski definition) is 4. The third-order valence-corrected chi connectivity index (χ3v) is 2.84. The Morgan fingerprint density at radius 1 is 1.15 bits per heavy atom. The van der Waals surface area contributed by atoms with Crippen molar-refractivity contribution in [2.75, 3.05) is 6.61 Å². The van der Waals surface area contributed by atoms with E-state index in [0.717, 1.165) is 36.7 Å². The van der Waals surface area contributed by atoms with Gasteiger partial charge in [0, 0.05) is 25.5 Å². The molecule has 1 aromatic heterocycles. The van der Waals surface area contributed by atoms with Crippen LogP contribution in [-0.2, 0) is 13.1 Å². The first-order chi connectivity index (χ1) is 9.78. The van der Waals surface area contributed by atoms with Crippen LogP contribution in [-0.4, -0.2) is 16.6 Å². The van der Waals surface area contributed by atoms with E-state index < -0.39 is 0 Å². The molecule has 1 N–H and O–H groups in total. The Labute approximate surface area is 120 Å². The molecule has 0 saturated carbocycles. The summed E-state index contributed by atoms with van der Waals surface area (Å²) in [7, 11) is 0. The van der Waals surface area contributed by atoms with E-state index in [2.05, 4.69) is 34.3 Å². The highest BCUT2D eigenvalue weighted by Gasteiger charge is 1.98. The SMILES string of the molecule is CCCOc1cccc(CNCc2cnc(C)cn2)c1. The molecule has 2 rings (SSSR count). The number of aromatic nitrogens is 2. The van der Waals surface area contributed by atoms with Crippen LogP contribution in [0.3, 0.4) is 0 Å². The highest BCUT2D eigenvalue weighted by Crippen LogP contribution is 2.13. The van der Waals surface area contributed by atoms with Crippen molar-refractivity contribution < 1.29 is 4.74 Å². The second kappa shape index (κ2) is 7.60. The molecule has 2 aromatic rings. The van der Waals surface area contributed by atoms with Gasteiger partial charge in [0.05, 0.1) is 18.0 Å². The van der Waals surface area contributed by atoms with E-state index in [1.807, 2.05) is 25.3 Å². The molecule has 4 nitrogen and oxygen atoms in total. The smallest absolute Gasteiger partial charge is 0.119 e. The predicted molar refractivity (Wildman–Crippen MR) is 79.5 cm³/mol. The van der Waals surface area contributed by atoms with Gasteiger partial charge in [0.25, 0.3) is 0 Å². The fourth-order valence-corrected chi connectivity index (χ4v) is 1.81. The van der Waals surface area contributed by atoms with Gasteiger partial charge in [-0.3, -0.25) is 9.97 Å². The van der Waals surface area contributed by atoms with Crippen molar-refractivity contribution in [3.8, 4) is 5.75 Å². The van der Waals surface area contributed by atoms with Crippen LogP contribution in [0.5, 0.6) is 5.75 Å². The second-order valence-electron chi connectivity index (χ2n) is 4.75. The van der Waals surface area contributed by atoms with Gasteiger partial charge in [-0.2, -0.15) is 0 Å². The molecule has 0 radical (unpaired) electrons. The van der Waals surface area contributed by atoms with E-state index in [-0.39, 0.29) is 0 Å². The Balaban J connectivity index is 1.82. The molecule has 1 heterocycles. The first-order valence-corrected chi connectivity index (χ1v) is 6.98. The molecular formula is C16H21N3O. The molecule has 0 spiro atoms. The van der Waals surface area contributed by atoms with Crippen LogP contribution in [0.1, 0.15) is 30.3 Å². The molecule has 0 amide bonds. The van der Waals surface area contributed by atoms with E-state index >= 15 is 0 Å². The van der Waals surface area contributed by atoms with Crippen LogP contribution in [0.15, 0.2) is 36.7 Å². The van der Waals surface area contributed by atoms with E-state index in [0.29, 0.717) is 6.54 Å². The molecule has 106 valence electrons. The van der Waals surface area contributed by atoms with Crippen LogP contribution < -0.4 is 10.1 Å². The van der Waals surface area contributed by atoms with Gasteiger partial charge in [-0.25, -0.2) is 0 Å². The third-order valence-electron chi connectivity index (χ3n) is 2.84. The van der Waals surface area contributed by atoms with Gasteiger partial charge < -0.3 is 10.1 Å². The van der Waals surface area contributed by atoms with Crippen molar-refractivity contribution >= 4 is 0 Å². The number of aryl methyl sites for hydroxylation is 1. The van der Waals surface area contributed by atoms with E-state index in [1.165, 1.54) is 5.56 Å². The quantitative estimate of drug-likeness (QED) is 0.841. The summed E-state index contributed by atoms with van der Waals surface area (Å²) >= 11 is 0. The van der Waals surface area contributed by atoms with Crippen molar-refractivity contribution in [1.29, 1.82) is 0 Å². The number of nitrogens with zero attached hydrogens (tertiary/aromatic N) is 2. The lowest BCUT2D eigenvalue weighted by Gasteiger charge is -2.08. The molecule has 4 heteroatoms. The first kappa shape index (κ1) is 14.5. The van der Waals surface area contributed by atoms with Crippen molar-refractivity contribution in [1.82, 2.24) is 15.3 Å². The summed E-state index contributed by atoms with van der Waals surface area (Å²) in [4.78, 5) is 8.55. The highest BCUT2D eigenvalue weighted by atomic mass is 16.5. The van der Waals surface area contributed by atoms with Gasteiger partial charge in [-0.15, -0.1) is 0 Å². The van der Waals surface area contributed by atoms with Crippen LogP contribution in [0.25, 0.3) is 0 Å². The average molecular weight is 271 g/mol. The van der Waals surface area contributed by atoms with Crippen LogP contribution in [0.4, 0.5) is 0 Å². The van der Waals surface area contributed by atoms with Crippen molar-refractivity contribution in [3.63, 3.8) is 0 Å². The zero-order chi connectivity index (χ0) is 14.2. The first-order valence-electron chi connectivity index (χ1n) is 6.98. The lowest BCUT2D eigenvalue weighted by Crippen LogP contribution is -2.14. The van der Waals surface area contributed by atoms with Gasteiger partial charge in [0.2, 0.25) is 0 Å². The molecule has 0 fully saturated rings. The Bertz CT molecular complexity index is 526. The lowest BCUT2D eigenvalue weighted by molar-refractivity contribution is 0.317. The monoisotopic (exact) mass is 271 g/mol. The summed E-state index contributed by atoms with van der Waals surface area (Å²) < 4.78 is 5.62. The molecule has 0 bridgehead atoms. The third kappa shape index (κ3) is 4.63. The highest BCUT2D eigenvalue weighted by molar-refractivity contribution is 5.28. The molecule has 1 aromatic carbocycles. The van der Waals surface area contributed by atoms with Crippen LogP contribution in [0, 0.1) is 6.92 Å². The maximum atomic E-state index is 5.62. The average Bonchev–Trinajstić information content (AvgIpc) is 2.48. The number of nitrogens with one attached hydrogen (secondary N) is 1. The fourth-order valence-electron chi connectivity index (χ4n) is 1.81. The largest absolute Gasteiger partial charge is 0.494 e. The van der Waals surface area contributed by atoms with E-state index in [4.69, 9.17) is 4.74 Å². The van der Waals surface area contributed by atoms with Gasteiger partial charge in [-0.1, -0.05) is 19.1 Å². The minimum Gasteiger partial charge on any atom is -0.494 e. The Morgan fingerprint density at radius 2 is 2.05 bits per heavy atom. The van der Waals surface area contributed by atoms with Gasteiger partial charge in [0.15, 0.2) is 0 Å². The lowest BCUT2D eigenvalue weighted by atomic mass is 10.2. The van der Waals surface area contributed by atoms with Gasteiger partial charge in [-0.05, 0) is 31.0 Å². The minimum atomic E-state index is 0.716. The molecular weight excluding hydrogens is 250 g/mol. The van der Waals surface area contributed by atoms with Crippen LogP contribution in [0.2, 0.25) is 0 Å². The predicted octanol–water partition coefficient (Wildman–Crippen LogP) is 2.86. The summed E-state index contributed by atoms with van der Waals surface area (Å²) in [6.07, 6.45) is 4.62. The van der Waals surface area contributed by atoms with Crippen LogP contribution >= 0.6 is 0 Å². The number of rotatable bonds is 7. The summed E-state index contributed by atoms with van der Waals surface area (Å²) in [5.41, 5.74) is 3.10. The summed E-state index contributed by atoms with van der Waals surface area (Å²) in [5, 5.41) is 3.36. The fraction of sp³-hybridized carbons (Fsp3) is 0.375.